The first-order valence-electron chi connectivity index (χ1n) is 5.67. The van der Waals surface area contributed by atoms with Crippen LogP contribution in [0.25, 0.3) is 0 Å². The summed E-state index contributed by atoms with van der Waals surface area (Å²) in [5.41, 5.74) is 5.91. The molecule has 1 aliphatic heterocycles. The Morgan fingerprint density at radius 2 is 2.29 bits per heavy atom. The minimum Gasteiger partial charge on any atom is -0.384 e. The fraction of sp³-hybridized carbons (Fsp3) is 0.500. The molecule has 92 valence electrons. The maximum Gasteiger partial charge on any atom is 0.128 e. The zero-order valence-electron chi connectivity index (χ0n) is 10.2. The molecule has 17 heavy (non-hydrogen) atoms. The molecule has 5 heteroatoms. The zero-order valence-corrected chi connectivity index (χ0v) is 10.2. The standard InChI is InChI=1S/C12H18N4O/c1-12(2)8-16(5-6-17-12)10-4-3-9(7-15-10)11(13)14/h3-4,7H,5-6,8H2,1-2H3,(H3,13,14). The van der Waals surface area contributed by atoms with Crippen LogP contribution in [0.4, 0.5) is 5.82 Å². The highest BCUT2D eigenvalue weighted by molar-refractivity contribution is 5.94. The molecule has 1 fully saturated rings. The highest BCUT2D eigenvalue weighted by Gasteiger charge is 2.27. The number of morpholine rings is 1. The molecule has 1 aromatic heterocycles. The summed E-state index contributed by atoms with van der Waals surface area (Å²) in [6.07, 6.45) is 1.64. The quantitative estimate of drug-likeness (QED) is 0.591. The highest BCUT2D eigenvalue weighted by Crippen LogP contribution is 2.21. The molecule has 0 radical (unpaired) electrons. The van der Waals surface area contributed by atoms with Gasteiger partial charge in [-0.3, -0.25) is 5.41 Å². The molecule has 0 unspecified atom stereocenters. The lowest BCUT2D eigenvalue weighted by atomic mass is 10.1. The average Bonchev–Trinajstić information content (AvgIpc) is 2.28. The first kappa shape index (κ1) is 11.9. The largest absolute Gasteiger partial charge is 0.384 e. The fourth-order valence-corrected chi connectivity index (χ4v) is 1.94. The first-order chi connectivity index (χ1) is 7.98. The lowest BCUT2D eigenvalue weighted by Crippen LogP contribution is -2.48. The normalized spacial score (nSPS) is 19.1. The third kappa shape index (κ3) is 2.74. The number of nitrogens with one attached hydrogen (secondary N) is 1. The SMILES string of the molecule is CC1(C)CN(c2ccc(C(=N)N)cn2)CCO1. The van der Waals surface area contributed by atoms with Crippen LogP contribution in [0.1, 0.15) is 19.4 Å². The Balaban J connectivity index is 2.14. The van der Waals surface area contributed by atoms with E-state index in [0.29, 0.717) is 12.2 Å². The molecule has 0 aliphatic carbocycles. The van der Waals surface area contributed by atoms with E-state index in [1.807, 2.05) is 12.1 Å². The molecule has 0 saturated carbocycles. The summed E-state index contributed by atoms with van der Waals surface area (Å²) in [5.74, 6) is 0.956. The molecule has 0 spiro atoms. The third-order valence-electron chi connectivity index (χ3n) is 2.81. The molecule has 5 nitrogen and oxygen atoms in total. The van der Waals surface area contributed by atoms with Gasteiger partial charge in [0.1, 0.15) is 11.7 Å². The van der Waals surface area contributed by atoms with Crippen molar-refractivity contribution in [3.8, 4) is 0 Å². The van der Waals surface area contributed by atoms with Gasteiger partial charge >= 0.3 is 0 Å². The van der Waals surface area contributed by atoms with E-state index in [-0.39, 0.29) is 11.4 Å². The van der Waals surface area contributed by atoms with Crippen molar-refractivity contribution in [2.75, 3.05) is 24.6 Å². The third-order valence-corrected chi connectivity index (χ3v) is 2.81. The van der Waals surface area contributed by atoms with Crippen LogP contribution in [-0.2, 0) is 4.74 Å². The number of nitrogens with zero attached hydrogens (tertiary/aromatic N) is 2. The Hall–Kier alpha value is -1.62. The number of ether oxygens (including phenoxy) is 1. The van der Waals surface area contributed by atoms with Gasteiger partial charge in [-0.25, -0.2) is 4.98 Å². The van der Waals surface area contributed by atoms with E-state index in [1.165, 1.54) is 0 Å². The van der Waals surface area contributed by atoms with E-state index in [1.54, 1.807) is 6.20 Å². The number of rotatable bonds is 2. The Kier molecular flexibility index (Phi) is 3.02. The first-order valence-corrected chi connectivity index (χ1v) is 5.67. The van der Waals surface area contributed by atoms with Crippen LogP contribution in [-0.4, -0.2) is 36.1 Å². The molecule has 1 saturated heterocycles. The minimum absolute atomic E-state index is 0.0476. The number of nitrogens with two attached hydrogens (primary N) is 1. The van der Waals surface area contributed by atoms with Gasteiger partial charge in [0, 0.05) is 24.8 Å². The second kappa shape index (κ2) is 4.33. The molecule has 1 aromatic rings. The van der Waals surface area contributed by atoms with Gasteiger partial charge in [0.2, 0.25) is 0 Å². The smallest absolute Gasteiger partial charge is 0.128 e. The van der Waals surface area contributed by atoms with Gasteiger partial charge in [-0.1, -0.05) is 0 Å². The number of pyridine rings is 1. The van der Waals surface area contributed by atoms with E-state index >= 15 is 0 Å². The summed E-state index contributed by atoms with van der Waals surface area (Å²) in [5, 5.41) is 7.32. The summed E-state index contributed by atoms with van der Waals surface area (Å²) in [6, 6.07) is 3.73. The van der Waals surface area contributed by atoms with Crippen molar-refractivity contribution in [1.82, 2.24) is 4.98 Å². The maximum atomic E-state index is 7.32. The van der Waals surface area contributed by atoms with Crippen LogP contribution in [0.2, 0.25) is 0 Å². The fourth-order valence-electron chi connectivity index (χ4n) is 1.94. The number of hydrogen-bond acceptors (Lipinski definition) is 4. The van der Waals surface area contributed by atoms with Crippen LogP contribution in [0.3, 0.4) is 0 Å². The summed E-state index contributed by atoms with van der Waals surface area (Å²) < 4.78 is 5.66. The molecule has 1 aliphatic rings. The number of amidine groups is 1. The average molecular weight is 234 g/mol. The maximum absolute atomic E-state index is 7.32. The minimum atomic E-state index is -0.140. The Bertz CT molecular complexity index is 413. The van der Waals surface area contributed by atoms with E-state index in [4.69, 9.17) is 15.9 Å². The predicted octanol–water partition coefficient (Wildman–Crippen LogP) is 0.981. The lowest BCUT2D eigenvalue weighted by molar-refractivity contribution is -0.0279. The molecular formula is C12H18N4O. The van der Waals surface area contributed by atoms with Gasteiger partial charge < -0.3 is 15.4 Å². The van der Waals surface area contributed by atoms with E-state index < -0.39 is 0 Å². The van der Waals surface area contributed by atoms with Crippen molar-refractivity contribution < 1.29 is 4.74 Å². The molecule has 0 bridgehead atoms. The monoisotopic (exact) mass is 234 g/mol. The second-order valence-corrected chi connectivity index (χ2v) is 4.85. The van der Waals surface area contributed by atoms with Crippen molar-refractivity contribution in [2.45, 2.75) is 19.4 Å². The van der Waals surface area contributed by atoms with E-state index in [0.717, 1.165) is 18.9 Å². The van der Waals surface area contributed by atoms with E-state index in [9.17, 15) is 0 Å². The van der Waals surface area contributed by atoms with Crippen molar-refractivity contribution >= 4 is 11.7 Å². The van der Waals surface area contributed by atoms with Gasteiger partial charge in [-0.05, 0) is 26.0 Å². The van der Waals surface area contributed by atoms with Crippen molar-refractivity contribution in [2.24, 2.45) is 5.73 Å². The Morgan fingerprint density at radius 1 is 1.53 bits per heavy atom. The summed E-state index contributed by atoms with van der Waals surface area (Å²) in [7, 11) is 0. The Labute approximate surface area is 101 Å². The number of anilines is 1. The molecule has 2 rings (SSSR count). The van der Waals surface area contributed by atoms with Crippen LogP contribution in [0, 0.1) is 5.41 Å². The molecular weight excluding hydrogens is 216 g/mol. The number of hydrogen-bond donors (Lipinski definition) is 2. The number of aromatic nitrogens is 1. The van der Waals surface area contributed by atoms with Crippen LogP contribution >= 0.6 is 0 Å². The summed E-state index contributed by atoms with van der Waals surface area (Å²) in [6.45, 7) is 6.52. The summed E-state index contributed by atoms with van der Waals surface area (Å²) in [4.78, 5) is 6.53. The predicted molar refractivity (Wildman–Crippen MR) is 67.5 cm³/mol. The van der Waals surface area contributed by atoms with Gasteiger partial charge in [0.15, 0.2) is 0 Å². The molecule has 3 N–H and O–H groups in total. The van der Waals surface area contributed by atoms with Gasteiger partial charge in [0.05, 0.1) is 12.2 Å². The summed E-state index contributed by atoms with van der Waals surface area (Å²) >= 11 is 0. The zero-order chi connectivity index (χ0) is 12.5. The molecule has 0 aromatic carbocycles. The Morgan fingerprint density at radius 3 is 2.82 bits per heavy atom. The van der Waals surface area contributed by atoms with Gasteiger partial charge in [-0.15, -0.1) is 0 Å². The van der Waals surface area contributed by atoms with Crippen molar-refractivity contribution in [3.05, 3.63) is 23.9 Å². The second-order valence-electron chi connectivity index (χ2n) is 4.85. The van der Waals surface area contributed by atoms with Crippen LogP contribution < -0.4 is 10.6 Å². The lowest BCUT2D eigenvalue weighted by Gasteiger charge is -2.38. The topological polar surface area (TPSA) is 75.2 Å². The van der Waals surface area contributed by atoms with Gasteiger partial charge in [0.25, 0.3) is 0 Å². The molecule has 0 atom stereocenters. The highest BCUT2D eigenvalue weighted by atomic mass is 16.5. The van der Waals surface area contributed by atoms with Crippen molar-refractivity contribution in [3.63, 3.8) is 0 Å². The van der Waals surface area contributed by atoms with Crippen molar-refractivity contribution in [1.29, 1.82) is 5.41 Å². The number of nitrogen functional groups attached to an aromatic ring is 1. The molecule has 0 amide bonds. The molecule has 2 heterocycles. The van der Waals surface area contributed by atoms with Crippen LogP contribution in [0.5, 0.6) is 0 Å². The van der Waals surface area contributed by atoms with Gasteiger partial charge in [-0.2, -0.15) is 0 Å². The van der Waals surface area contributed by atoms with E-state index in [2.05, 4.69) is 23.7 Å². The van der Waals surface area contributed by atoms with Crippen LogP contribution in [0.15, 0.2) is 18.3 Å².